The van der Waals surface area contributed by atoms with Crippen molar-refractivity contribution < 1.29 is 0 Å². The van der Waals surface area contributed by atoms with Crippen molar-refractivity contribution in [1.29, 1.82) is 0 Å². The summed E-state index contributed by atoms with van der Waals surface area (Å²) in [5, 5.41) is 8.32. The van der Waals surface area contributed by atoms with Gasteiger partial charge in [0.25, 0.3) is 0 Å². The minimum absolute atomic E-state index is 0.00872. The molecule has 8 aliphatic rings. The molecule has 5 aromatic carbocycles. The Kier molecular flexibility index (Phi) is 9.03. The molecule has 0 saturated heterocycles. The zero-order valence-electron chi connectivity index (χ0n) is 37.5. The minimum atomic E-state index is 0.00872. The molecule has 0 bridgehead atoms. The van der Waals surface area contributed by atoms with E-state index in [1.54, 1.807) is 5.57 Å². The van der Waals surface area contributed by atoms with Gasteiger partial charge in [0.1, 0.15) is 0 Å². The Morgan fingerprint density at radius 2 is 0.892 bits per heavy atom. The van der Waals surface area contributed by atoms with Crippen molar-refractivity contribution in [3.8, 4) is 0 Å². The van der Waals surface area contributed by atoms with Crippen molar-refractivity contribution >= 4 is 44.2 Å². The van der Waals surface area contributed by atoms with Crippen LogP contribution in [0, 0.1) is 23.7 Å². The fourth-order valence-electron chi connectivity index (χ4n) is 13.4. The zero-order chi connectivity index (χ0) is 43.2. The molecule has 13 rings (SSSR count). The van der Waals surface area contributed by atoms with Crippen LogP contribution in [0.3, 0.4) is 0 Å². The van der Waals surface area contributed by atoms with E-state index < -0.39 is 0 Å². The highest BCUT2D eigenvalue weighted by Gasteiger charge is 2.40. The standard InChI is InChI=1S/C65H54/c1-65(2)59-31-17-16-22-48(59)49-37-36-44(40-60(49)65)63-52-25-10-8-23-50(52)62(51-24-9-11-26-53(51)63)43-34-32-41(33-35-43)45-38-39-58(47-21-7-6-20-46(45)47)64-56-29-14-12-27-54(56)61(42-18-4-3-5-19-42)55-28-13-15-30-57(55)64/h3-4,6-18,20-32,34,38-40,50,52,54,56H,5,19,33,35-37H2,1-2H3. The SMILES string of the molecule is CC1(C)C2=C(CCC(C3=c4ccccc4=C(C4=CC=C(c5ccc(C6=c7ccccc7=C(C7=CC=CCC7)C7C=CC=CC67)c6ccccc56)CC4)C4C=CC=CC34)=C2)c2ccccc21. The highest BCUT2D eigenvalue weighted by Crippen LogP contribution is 2.53. The minimum Gasteiger partial charge on any atom is -0.0842 e. The number of hydrogen-bond donors (Lipinski definition) is 0. The first kappa shape index (κ1) is 38.7. The maximum Gasteiger partial charge on any atom is 0.0155 e. The normalized spacial score (nSPS) is 24.4. The smallest absolute Gasteiger partial charge is 0.0155 e. The van der Waals surface area contributed by atoms with Crippen molar-refractivity contribution in [3.05, 3.63) is 260 Å². The summed E-state index contributed by atoms with van der Waals surface area (Å²) in [5.74, 6) is 1.22. The molecule has 0 heterocycles. The van der Waals surface area contributed by atoms with Crippen LogP contribution in [0.1, 0.15) is 74.6 Å². The second-order valence-corrected chi connectivity index (χ2v) is 19.9. The van der Waals surface area contributed by atoms with Crippen molar-refractivity contribution in [3.63, 3.8) is 0 Å². The van der Waals surface area contributed by atoms with Crippen molar-refractivity contribution in [2.24, 2.45) is 23.7 Å². The van der Waals surface area contributed by atoms with E-state index in [9.17, 15) is 0 Å². The van der Waals surface area contributed by atoms with Crippen LogP contribution >= 0.6 is 0 Å². The lowest BCUT2D eigenvalue weighted by molar-refractivity contribution is 0.646. The maximum atomic E-state index is 2.61. The predicted octanol–water partition coefficient (Wildman–Crippen LogP) is 12.8. The van der Waals surface area contributed by atoms with Crippen molar-refractivity contribution in [2.45, 2.75) is 57.8 Å². The van der Waals surface area contributed by atoms with Gasteiger partial charge in [0, 0.05) is 29.1 Å². The van der Waals surface area contributed by atoms with Gasteiger partial charge in [-0.25, -0.2) is 0 Å². The fourth-order valence-corrected chi connectivity index (χ4v) is 13.4. The summed E-state index contributed by atoms with van der Waals surface area (Å²) < 4.78 is 0. The molecule has 4 unspecified atom stereocenters. The summed E-state index contributed by atoms with van der Waals surface area (Å²) in [7, 11) is 0. The van der Waals surface area contributed by atoms with Crippen LogP contribution in [-0.2, 0) is 5.41 Å². The molecule has 5 aromatic rings. The highest BCUT2D eigenvalue weighted by atomic mass is 14.4. The van der Waals surface area contributed by atoms with Gasteiger partial charge in [-0.3, -0.25) is 0 Å². The molecule has 0 aliphatic heterocycles. The third-order valence-corrected chi connectivity index (χ3v) is 16.3. The molecule has 4 atom stereocenters. The molecule has 0 fully saturated rings. The van der Waals surface area contributed by atoms with Gasteiger partial charge in [-0.05, 0) is 148 Å². The van der Waals surface area contributed by atoms with Crippen LogP contribution < -0.4 is 20.9 Å². The van der Waals surface area contributed by atoms with Gasteiger partial charge in [-0.1, -0.05) is 208 Å². The maximum absolute atomic E-state index is 2.61. The average Bonchev–Trinajstić information content (AvgIpc) is 3.59. The summed E-state index contributed by atoms with van der Waals surface area (Å²) in [6.45, 7) is 4.86. The largest absolute Gasteiger partial charge is 0.0842 e. The van der Waals surface area contributed by atoms with Gasteiger partial charge < -0.3 is 0 Å². The van der Waals surface area contributed by atoms with E-state index in [0.717, 1.165) is 38.5 Å². The molecule has 0 aromatic heterocycles. The van der Waals surface area contributed by atoms with E-state index in [0.29, 0.717) is 17.8 Å². The Labute approximate surface area is 383 Å². The summed E-state index contributed by atoms with van der Waals surface area (Å²) in [4.78, 5) is 0. The fraction of sp³-hybridized carbons (Fsp3) is 0.200. The number of fused-ring (bicyclic) bond motifs is 7. The summed E-state index contributed by atoms with van der Waals surface area (Å²) >= 11 is 0. The molecule has 314 valence electrons. The molecule has 0 radical (unpaired) electrons. The summed E-state index contributed by atoms with van der Waals surface area (Å²) in [5.41, 5.74) is 20.7. The van der Waals surface area contributed by atoms with Gasteiger partial charge in [0.15, 0.2) is 0 Å². The van der Waals surface area contributed by atoms with Gasteiger partial charge in [-0.2, -0.15) is 0 Å². The van der Waals surface area contributed by atoms with Crippen molar-refractivity contribution in [1.82, 2.24) is 0 Å². The number of allylic oxidation sites excluding steroid dienone is 20. The number of rotatable bonds is 5. The Morgan fingerprint density at radius 3 is 1.51 bits per heavy atom. The monoisotopic (exact) mass is 834 g/mol. The Hall–Kier alpha value is -6.76. The van der Waals surface area contributed by atoms with E-state index in [4.69, 9.17) is 0 Å². The Bertz CT molecular complexity index is 3510. The van der Waals surface area contributed by atoms with Gasteiger partial charge >= 0.3 is 0 Å². The second kappa shape index (κ2) is 15.2. The first-order valence-corrected chi connectivity index (χ1v) is 24.2. The summed E-state index contributed by atoms with van der Waals surface area (Å²) in [6, 6.07) is 41.8. The third kappa shape index (κ3) is 5.96. The van der Waals surface area contributed by atoms with Crippen LogP contribution in [0.4, 0.5) is 0 Å². The molecule has 0 amide bonds. The van der Waals surface area contributed by atoms with Gasteiger partial charge in [-0.15, -0.1) is 0 Å². The van der Waals surface area contributed by atoms with Crippen molar-refractivity contribution in [2.75, 3.05) is 0 Å². The quantitative estimate of drug-likeness (QED) is 0.165. The van der Waals surface area contributed by atoms with E-state index in [2.05, 4.69) is 208 Å². The number of hydrogen-bond acceptors (Lipinski definition) is 0. The topological polar surface area (TPSA) is 0 Å². The van der Waals surface area contributed by atoms with E-state index in [1.165, 1.54) is 104 Å². The van der Waals surface area contributed by atoms with Crippen LogP contribution in [0.2, 0.25) is 0 Å². The first-order valence-electron chi connectivity index (χ1n) is 24.2. The highest BCUT2D eigenvalue weighted by molar-refractivity contribution is 6.02. The molecule has 0 spiro atoms. The molecule has 0 nitrogen and oxygen atoms in total. The first-order chi connectivity index (χ1) is 32.0. The zero-order valence-corrected chi connectivity index (χ0v) is 37.5. The molecule has 0 N–H and O–H groups in total. The van der Waals surface area contributed by atoms with E-state index in [-0.39, 0.29) is 11.3 Å². The molecule has 65 heavy (non-hydrogen) atoms. The molecule has 0 heteroatoms. The number of benzene rings is 5. The van der Waals surface area contributed by atoms with Gasteiger partial charge in [0.05, 0.1) is 0 Å². The van der Waals surface area contributed by atoms with E-state index in [1.807, 2.05) is 0 Å². The van der Waals surface area contributed by atoms with Crippen LogP contribution in [0.5, 0.6) is 0 Å². The van der Waals surface area contributed by atoms with Crippen LogP contribution in [0.25, 0.3) is 44.2 Å². The van der Waals surface area contributed by atoms with Crippen LogP contribution in [-0.4, -0.2) is 0 Å². The predicted molar refractivity (Wildman–Crippen MR) is 274 cm³/mol. The Balaban J connectivity index is 0.934. The molecule has 8 aliphatic carbocycles. The Morgan fingerprint density at radius 1 is 0.400 bits per heavy atom. The van der Waals surface area contributed by atoms with E-state index >= 15 is 0 Å². The molecular formula is C65H54. The molecule has 0 saturated carbocycles. The third-order valence-electron chi connectivity index (χ3n) is 16.3. The van der Waals surface area contributed by atoms with Gasteiger partial charge in [0.2, 0.25) is 0 Å². The van der Waals surface area contributed by atoms with Crippen LogP contribution in [0.15, 0.2) is 217 Å². The summed E-state index contributed by atoms with van der Waals surface area (Å²) in [6.07, 6.45) is 40.0. The lowest BCUT2D eigenvalue weighted by atomic mass is 9.67. The lowest BCUT2D eigenvalue weighted by Gasteiger charge is -2.36. The second-order valence-electron chi connectivity index (χ2n) is 19.9. The molecular weight excluding hydrogens is 781 g/mol. The average molecular weight is 835 g/mol. The lowest BCUT2D eigenvalue weighted by Crippen LogP contribution is -2.41.